The molecule has 0 unspecified atom stereocenters. The Hall–Kier alpha value is -1.42. The van der Waals surface area contributed by atoms with Gasteiger partial charge in [0.05, 0.1) is 0 Å². The summed E-state index contributed by atoms with van der Waals surface area (Å²) < 4.78 is 10.5. The number of benzene rings is 1. The number of hydrogen-bond acceptors (Lipinski definition) is 4. The number of allylic oxidation sites excluding steroid dienone is 1. The Bertz CT molecular complexity index is 440. The molecule has 0 aromatic heterocycles. The highest BCUT2D eigenvalue weighted by molar-refractivity contribution is 8.13. The van der Waals surface area contributed by atoms with Crippen LogP contribution in [-0.4, -0.2) is 17.7 Å². The van der Waals surface area contributed by atoms with Gasteiger partial charge in [0.1, 0.15) is 0 Å². The number of rotatable bonds is 4. The Morgan fingerprint density at radius 1 is 1.35 bits per heavy atom. The van der Waals surface area contributed by atoms with Gasteiger partial charge in [0, 0.05) is 12.7 Å². The molecule has 0 amide bonds. The molecule has 4 heteroatoms. The summed E-state index contributed by atoms with van der Waals surface area (Å²) in [5, 5.41) is 0.151. The second-order valence-corrected chi connectivity index (χ2v) is 4.86. The average Bonchev–Trinajstić information content (AvgIpc) is 2.75. The van der Waals surface area contributed by atoms with Crippen LogP contribution < -0.4 is 9.47 Å². The lowest BCUT2D eigenvalue weighted by molar-refractivity contribution is -0.109. The van der Waals surface area contributed by atoms with Crippen molar-refractivity contribution in [3.8, 4) is 11.5 Å². The molecule has 0 spiro atoms. The first-order valence-corrected chi connectivity index (χ1v) is 6.41. The fraction of sp³-hybridized carbons (Fsp3) is 0.308. The molecular formula is C13H14O3S. The molecule has 3 nitrogen and oxygen atoms in total. The van der Waals surface area contributed by atoms with Gasteiger partial charge in [-0.3, -0.25) is 4.79 Å². The van der Waals surface area contributed by atoms with Crippen LogP contribution in [-0.2, 0) is 11.2 Å². The molecule has 0 bridgehead atoms. The molecule has 0 saturated carbocycles. The Labute approximate surface area is 105 Å². The van der Waals surface area contributed by atoms with Gasteiger partial charge in [-0.15, -0.1) is 0 Å². The van der Waals surface area contributed by atoms with Crippen LogP contribution in [0.5, 0.6) is 11.5 Å². The van der Waals surface area contributed by atoms with Crippen LogP contribution in [0.15, 0.2) is 30.4 Å². The van der Waals surface area contributed by atoms with Crippen molar-refractivity contribution in [2.45, 2.75) is 13.3 Å². The predicted molar refractivity (Wildman–Crippen MR) is 68.5 cm³/mol. The molecule has 1 aromatic carbocycles. The summed E-state index contributed by atoms with van der Waals surface area (Å²) in [6.07, 6.45) is 4.92. The van der Waals surface area contributed by atoms with Gasteiger partial charge in [-0.05, 0) is 24.1 Å². The minimum absolute atomic E-state index is 0.151. The zero-order valence-corrected chi connectivity index (χ0v) is 10.5. The summed E-state index contributed by atoms with van der Waals surface area (Å²) >= 11 is 1.32. The van der Waals surface area contributed by atoms with Crippen molar-refractivity contribution in [3.05, 3.63) is 35.9 Å². The van der Waals surface area contributed by atoms with Gasteiger partial charge in [0.15, 0.2) is 16.6 Å². The number of ether oxygens (including phenoxy) is 2. The lowest BCUT2D eigenvalue weighted by atomic mass is 10.1. The van der Waals surface area contributed by atoms with Gasteiger partial charge in [0.2, 0.25) is 6.79 Å². The largest absolute Gasteiger partial charge is 0.454 e. The van der Waals surface area contributed by atoms with Gasteiger partial charge in [-0.1, -0.05) is 30.0 Å². The van der Waals surface area contributed by atoms with Crippen LogP contribution in [0.1, 0.15) is 12.5 Å². The summed E-state index contributed by atoms with van der Waals surface area (Å²) in [5.41, 5.74) is 1.18. The van der Waals surface area contributed by atoms with Crippen molar-refractivity contribution in [3.63, 3.8) is 0 Å². The first-order chi connectivity index (χ1) is 8.25. The monoisotopic (exact) mass is 250 g/mol. The third kappa shape index (κ3) is 3.53. The maximum atomic E-state index is 10.7. The molecule has 0 atom stereocenters. The van der Waals surface area contributed by atoms with Crippen LogP contribution in [0, 0.1) is 0 Å². The van der Waals surface area contributed by atoms with E-state index in [4.69, 9.17) is 9.47 Å². The van der Waals surface area contributed by atoms with E-state index >= 15 is 0 Å². The molecule has 90 valence electrons. The van der Waals surface area contributed by atoms with E-state index < -0.39 is 0 Å². The summed E-state index contributed by atoms with van der Waals surface area (Å²) in [4.78, 5) is 10.7. The van der Waals surface area contributed by atoms with E-state index in [1.807, 2.05) is 24.3 Å². The van der Waals surface area contributed by atoms with E-state index in [9.17, 15) is 4.79 Å². The number of hydrogen-bond donors (Lipinski definition) is 0. The number of fused-ring (bicyclic) bond motifs is 1. The van der Waals surface area contributed by atoms with E-state index in [1.54, 1.807) is 6.92 Å². The molecule has 0 aliphatic carbocycles. The van der Waals surface area contributed by atoms with Gasteiger partial charge < -0.3 is 9.47 Å². The first kappa shape index (κ1) is 12.0. The van der Waals surface area contributed by atoms with Gasteiger partial charge in [0.25, 0.3) is 0 Å². The van der Waals surface area contributed by atoms with Crippen molar-refractivity contribution in [2.75, 3.05) is 12.5 Å². The molecule has 1 aromatic rings. The van der Waals surface area contributed by atoms with Crippen LogP contribution in [0.25, 0.3) is 0 Å². The van der Waals surface area contributed by atoms with E-state index in [2.05, 4.69) is 6.08 Å². The summed E-state index contributed by atoms with van der Waals surface area (Å²) in [5.74, 6) is 2.36. The summed E-state index contributed by atoms with van der Waals surface area (Å²) in [7, 11) is 0. The Kier molecular flexibility index (Phi) is 4.09. The zero-order chi connectivity index (χ0) is 12.1. The maximum absolute atomic E-state index is 10.7. The zero-order valence-electron chi connectivity index (χ0n) is 9.64. The van der Waals surface area contributed by atoms with Crippen molar-refractivity contribution in [2.24, 2.45) is 0 Å². The van der Waals surface area contributed by atoms with Crippen LogP contribution in [0.3, 0.4) is 0 Å². The second-order valence-electron chi connectivity index (χ2n) is 3.67. The normalized spacial score (nSPS) is 13.2. The highest BCUT2D eigenvalue weighted by Crippen LogP contribution is 2.32. The first-order valence-electron chi connectivity index (χ1n) is 5.42. The fourth-order valence-electron chi connectivity index (χ4n) is 1.52. The van der Waals surface area contributed by atoms with Crippen molar-refractivity contribution >= 4 is 16.9 Å². The van der Waals surface area contributed by atoms with Crippen LogP contribution in [0.4, 0.5) is 0 Å². The van der Waals surface area contributed by atoms with E-state index in [-0.39, 0.29) is 5.12 Å². The van der Waals surface area contributed by atoms with E-state index in [1.165, 1.54) is 17.3 Å². The SMILES string of the molecule is CC(=O)SC/C=C/Cc1ccc2c(c1)OCO2. The molecule has 0 saturated heterocycles. The third-order valence-corrected chi connectivity index (χ3v) is 3.11. The average molecular weight is 250 g/mol. The van der Waals surface area contributed by atoms with E-state index in [0.717, 1.165) is 23.7 Å². The molecule has 1 heterocycles. The molecule has 1 aliphatic heterocycles. The fourth-order valence-corrected chi connectivity index (χ4v) is 1.99. The quantitative estimate of drug-likeness (QED) is 0.770. The molecule has 0 radical (unpaired) electrons. The van der Waals surface area contributed by atoms with Crippen molar-refractivity contribution in [1.29, 1.82) is 0 Å². The van der Waals surface area contributed by atoms with Gasteiger partial charge in [-0.25, -0.2) is 0 Å². The molecule has 17 heavy (non-hydrogen) atoms. The molecule has 0 fully saturated rings. The van der Waals surface area contributed by atoms with Crippen molar-refractivity contribution < 1.29 is 14.3 Å². The highest BCUT2D eigenvalue weighted by Gasteiger charge is 2.12. The molecular weight excluding hydrogens is 236 g/mol. The lowest BCUT2D eigenvalue weighted by Crippen LogP contribution is -1.92. The Morgan fingerprint density at radius 3 is 3.00 bits per heavy atom. The summed E-state index contributed by atoms with van der Waals surface area (Å²) in [6.45, 7) is 1.89. The van der Waals surface area contributed by atoms with Gasteiger partial charge >= 0.3 is 0 Å². The molecule has 2 rings (SSSR count). The smallest absolute Gasteiger partial charge is 0.231 e. The lowest BCUT2D eigenvalue weighted by Gasteiger charge is -1.99. The van der Waals surface area contributed by atoms with Gasteiger partial charge in [-0.2, -0.15) is 0 Å². The second kappa shape index (κ2) is 5.77. The number of carbonyl (C=O) groups is 1. The third-order valence-electron chi connectivity index (χ3n) is 2.34. The molecule has 0 N–H and O–H groups in total. The Morgan fingerprint density at radius 2 is 2.18 bits per heavy atom. The standard InChI is InChI=1S/C13H14O3S/c1-10(14)17-7-3-2-4-11-5-6-12-13(8-11)16-9-15-12/h2-3,5-6,8H,4,7,9H2,1H3/b3-2+. The number of carbonyl (C=O) groups excluding carboxylic acids is 1. The predicted octanol–water partition coefficient (Wildman–Crippen LogP) is 2.79. The highest BCUT2D eigenvalue weighted by atomic mass is 32.2. The summed E-state index contributed by atoms with van der Waals surface area (Å²) in [6, 6.07) is 5.94. The Balaban J connectivity index is 1.85. The van der Waals surface area contributed by atoms with E-state index in [0.29, 0.717) is 6.79 Å². The minimum Gasteiger partial charge on any atom is -0.454 e. The topological polar surface area (TPSA) is 35.5 Å². The molecule has 1 aliphatic rings. The van der Waals surface area contributed by atoms with Crippen molar-refractivity contribution in [1.82, 2.24) is 0 Å². The van der Waals surface area contributed by atoms with Crippen LogP contribution in [0.2, 0.25) is 0 Å². The maximum Gasteiger partial charge on any atom is 0.231 e. The van der Waals surface area contributed by atoms with Crippen LogP contribution >= 0.6 is 11.8 Å². The number of thioether (sulfide) groups is 1. The minimum atomic E-state index is 0.151.